The number of nitrogens with one attached hydrogen (secondary N) is 1. The van der Waals surface area contributed by atoms with Gasteiger partial charge in [0.25, 0.3) is 0 Å². The standard InChI is InChI=1S/C7H12N2O3/c8-6(10)7(11)9-4-5-2-1-3-12-5/h5H,1-4H2,(H2,8,10)(H,9,11)/t5-/m1/s1. The third-order valence-corrected chi connectivity index (χ3v) is 1.74. The van der Waals surface area contributed by atoms with E-state index in [4.69, 9.17) is 10.5 Å². The fourth-order valence-corrected chi connectivity index (χ4v) is 1.10. The number of hydrogen-bond donors (Lipinski definition) is 2. The average molecular weight is 172 g/mol. The van der Waals surface area contributed by atoms with Gasteiger partial charge < -0.3 is 15.8 Å². The normalized spacial score (nSPS) is 22.2. The first-order chi connectivity index (χ1) is 5.70. The van der Waals surface area contributed by atoms with Crippen LogP contribution in [0, 0.1) is 0 Å². The number of hydrogen-bond acceptors (Lipinski definition) is 3. The Balaban J connectivity index is 2.16. The van der Waals surface area contributed by atoms with Gasteiger partial charge in [-0.25, -0.2) is 0 Å². The van der Waals surface area contributed by atoms with E-state index in [-0.39, 0.29) is 6.10 Å². The number of carbonyl (C=O) groups is 2. The van der Waals surface area contributed by atoms with Crippen LogP contribution < -0.4 is 11.1 Å². The Labute approximate surface area is 70.2 Å². The van der Waals surface area contributed by atoms with Crippen molar-refractivity contribution < 1.29 is 14.3 Å². The molecule has 0 radical (unpaired) electrons. The van der Waals surface area contributed by atoms with E-state index in [1.807, 2.05) is 0 Å². The molecule has 1 atom stereocenters. The predicted molar refractivity (Wildman–Crippen MR) is 41.2 cm³/mol. The number of rotatable bonds is 2. The van der Waals surface area contributed by atoms with Crippen molar-refractivity contribution in [2.45, 2.75) is 18.9 Å². The second kappa shape index (κ2) is 4.06. The largest absolute Gasteiger partial charge is 0.376 e. The third kappa shape index (κ3) is 2.50. The van der Waals surface area contributed by atoms with Crippen molar-refractivity contribution in [1.29, 1.82) is 0 Å². The van der Waals surface area contributed by atoms with Crippen molar-refractivity contribution in [2.24, 2.45) is 5.73 Å². The van der Waals surface area contributed by atoms with Crippen molar-refractivity contribution in [3.63, 3.8) is 0 Å². The number of amides is 2. The highest BCUT2D eigenvalue weighted by Gasteiger charge is 2.17. The SMILES string of the molecule is NC(=O)C(=O)NC[C@H]1CCCO1. The quantitative estimate of drug-likeness (QED) is 0.511. The molecule has 68 valence electrons. The monoisotopic (exact) mass is 172 g/mol. The first-order valence-electron chi connectivity index (χ1n) is 3.89. The minimum atomic E-state index is -0.951. The molecule has 0 bridgehead atoms. The summed E-state index contributed by atoms with van der Waals surface area (Å²) in [6.45, 7) is 1.11. The fraction of sp³-hybridized carbons (Fsp3) is 0.714. The summed E-state index contributed by atoms with van der Waals surface area (Å²) in [4.78, 5) is 20.9. The lowest BCUT2D eigenvalue weighted by Crippen LogP contribution is -2.39. The number of ether oxygens (including phenoxy) is 1. The summed E-state index contributed by atoms with van der Waals surface area (Å²) in [5.74, 6) is -1.70. The van der Waals surface area contributed by atoms with Crippen LogP contribution in [-0.4, -0.2) is 31.1 Å². The van der Waals surface area contributed by atoms with Crippen molar-refractivity contribution in [3.8, 4) is 0 Å². The summed E-state index contributed by atoms with van der Waals surface area (Å²) in [6.07, 6.45) is 1.99. The molecule has 1 saturated heterocycles. The van der Waals surface area contributed by atoms with Gasteiger partial charge in [-0.15, -0.1) is 0 Å². The van der Waals surface area contributed by atoms with E-state index in [2.05, 4.69) is 5.32 Å². The summed E-state index contributed by atoms with van der Waals surface area (Å²) in [7, 11) is 0. The van der Waals surface area contributed by atoms with E-state index in [0.717, 1.165) is 19.4 Å². The molecule has 0 aromatic rings. The molecule has 1 aliphatic rings. The highest BCUT2D eigenvalue weighted by molar-refractivity contribution is 6.34. The van der Waals surface area contributed by atoms with E-state index >= 15 is 0 Å². The van der Waals surface area contributed by atoms with Gasteiger partial charge in [0, 0.05) is 13.2 Å². The van der Waals surface area contributed by atoms with Gasteiger partial charge in [0.1, 0.15) is 0 Å². The topological polar surface area (TPSA) is 81.4 Å². The number of nitrogens with two attached hydrogens (primary N) is 1. The van der Waals surface area contributed by atoms with Crippen LogP contribution in [0.25, 0.3) is 0 Å². The van der Waals surface area contributed by atoms with Crippen molar-refractivity contribution in [3.05, 3.63) is 0 Å². The highest BCUT2D eigenvalue weighted by Crippen LogP contribution is 2.10. The average Bonchev–Trinajstić information content (AvgIpc) is 2.51. The van der Waals surface area contributed by atoms with Crippen LogP contribution in [0.1, 0.15) is 12.8 Å². The zero-order valence-corrected chi connectivity index (χ0v) is 6.71. The summed E-state index contributed by atoms with van der Waals surface area (Å²) >= 11 is 0. The van der Waals surface area contributed by atoms with Gasteiger partial charge >= 0.3 is 11.8 Å². The van der Waals surface area contributed by atoms with Gasteiger partial charge in [0.2, 0.25) is 0 Å². The van der Waals surface area contributed by atoms with Crippen LogP contribution in [0.5, 0.6) is 0 Å². The van der Waals surface area contributed by atoms with E-state index < -0.39 is 11.8 Å². The lowest BCUT2D eigenvalue weighted by Gasteiger charge is -2.08. The highest BCUT2D eigenvalue weighted by atomic mass is 16.5. The molecule has 5 heteroatoms. The molecular formula is C7H12N2O3. The van der Waals surface area contributed by atoms with Gasteiger partial charge in [0.15, 0.2) is 0 Å². The molecule has 0 spiro atoms. The van der Waals surface area contributed by atoms with Gasteiger partial charge in [0.05, 0.1) is 6.10 Å². The van der Waals surface area contributed by atoms with Gasteiger partial charge in [-0.2, -0.15) is 0 Å². The van der Waals surface area contributed by atoms with Crippen molar-refractivity contribution in [2.75, 3.05) is 13.2 Å². The Morgan fingerprint density at radius 2 is 2.33 bits per heavy atom. The molecular weight excluding hydrogens is 160 g/mol. The van der Waals surface area contributed by atoms with Crippen molar-refractivity contribution in [1.82, 2.24) is 5.32 Å². The molecule has 1 heterocycles. The first-order valence-corrected chi connectivity index (χ1v) is 3.89. The molecule has 0 aromatic carbocycles. The Hall–Kier alpha value is -1.10. The lowest BCUT2D eigenvalue weighted by atomic mass is 10.2. The smallest absolute Gasteiger partial charge is 0.309 e. The molecule has 2 amide bonds. The molecule has 5 nitrogen and oxygen atoms in total. The molecule has 0 saturated carbocycles. The van der Waals surface area contributed by atoms with Gasteiger partial charge in [-0.3, -0.25) is 9.59 Å². The molecule has 0 aromatic heterocycles. The minimum Gasteiger partial charge on any atom is -0.376 e. The third-order valence-electron chi connectivity index (χ3n) is 1.74. The number of primary amides is 1. The molecule has 1 rings (SSSR count). The van der Waals surface area contributed by atoms with Crippen molar-refractivity contribution >= 4 is 11.8 Å². The zero-order chi connectivity index (χ0) is 8.97. The van der Waals surface area contributed by atoms with Crippen LogP contribution in [-0.2, 0) is 14.3 Å². The van der Waals surface area contributed by atoms with E-state index in [0.29, 0.717) is 6.54 Å². The minimum absolute atomic E-state index is 0.0494. The molecule has 1 fully saturated rings. The maximum absolute atomic E-state index is 10.7. The Morgan fingerprint density at radius 3 is 2.83 bits per heavy atom. The van der Waals surface area contributed by atoms with Crippen LogP contribution in [0.4, 0.5) is 0 Å². The van der Waals surface area contributed by atoms with E-state index in [9.17, 15) is 9.59 Å². The predicted octanol–water partition coefficient (Wildman–Crippen LogP) is -1.23. The van der Waals surface area contributed by atoms with E-state index in [1.54, 1.807) is 0 Å². The summed E-state index contributed by atoms with van der Waals surface area (Å²) in [5.41, 5.74) is 4.73. The molecule has 0 aliphatic carbocycles. The van der Waals surface area contributed by atoms with Crippen LogP contribution >= 0.6 is 0 Å². The lowest BCUT2D eigenvalue weighted by molar-refractivity contribution is -0.137. The first kappa shape index (κ1) is 8.99. The Bertz CT molecular complexity index is 187. The van der Waals surface area contributed by atoms with Crippen LogP contribution in [0.3, 0.4) is 0 Å². The maximum Gasteiger partial charge on any atom is 0.309 e. The maximum atomic E-state index is 10.7. The molecule has 0 unspecified atom stereocenters. The molecule has 3 N–H and O–H groups in total. The van der Waals surface area contributed by atoms with Gasteiger partial charge in [-0.1, -0.05) is 0 Å². The number of carbonyl (C=O) groups excluding carboxylic acids is 2. The Morgan fingerprint density at radius 1 is 1.58 bits per heavy atom. The zero-order valence-electron chi connectivity index (χ0n) is 6.71. The van der Waals surface area contributed by atoms with Crippen LogP contribution in [0.2, 0.25) is 0 Å². The van der Waals surface area contributed by atoms with Crippen LogP contribution in [0.15, 0.2) is 0 Å². The Kier molecular flexibility index (Phi) is 3.04. The molecule has 12 heavy (non-hydrogen) atoms. The second-order valence-corrected chi connectivity index (χ2v) is 2.71. The fourth-order valence-electron chi connectivity index (χ4n) is 1.10. The second-order valence-electron chi connectivity index (χ2n) is 2.71. The van der Waals surface area contributed by atoms with E-state index in [1.165, 1.54) is 0 Å². The van der Waals surface area contributed by atoms with Gasteiger partial charge in [-0.05, 0) is 12.8 Å². The summed E-state index contributed by atoms with van der Waals surface area (Å²) in [5, 5.41) is 2.39. The summed E-state index contributed by atoms with van der Waals surface area (Å²) < 4.78 is 5.22. The summed E-state index contributed by atoms with van der Waals surface area (Å²) in [6, 6.07) is 0. The molecule has 1 aliphatic heterocycles.